The lowest BCUT2D eigenvalue weighted by Crippen LogP contribution is -2.49. The summed E-state index contributed by atoms with van der Waals surface area (Å²) in [5, 5.41) is 3.20. The molecule has 0 bridgehead atoms. The van der Waals surface area contributed by atoms with Crippen LogP contribution in [0.1, 0.15) is 30.6 Å². The van der Waals surface area contributed by atoms with Gasteiger partial charge < -0.3 is 10.1 Å². The van der Waals surface area contributed by atoms with E-state index in [9.17, 15) is 9.18 Å². The summed E-state index contributed by atoms with van der Waals surface area (Å²) in [5.41, 5.74) is -0.0113. The lowest BCUT2D eigenvalue weighted by atomic mass is 10.0. The Kier molecular flexibility index (Phi) is 6.81. The molecule has 0 spiro atoms. The summed E-state index contributed by atoms with van der Waals surface area (Å²) >= 11 is 5.85. The zero-order valence-electron chi connectivity index (χ0n) is 13.6. The first-order chi connectivity index (χ1) is 11.0. The Hall–Kier alpha value is -1.17. The number of ether oxygens (including phenoxy) is 1. The average Bonchev–Trinajstić information content (AvgIpc) is 2.54. The number of rotatable bonds is 6. The minimum atomic E-state index is -0.557. The number of nitrogens with one attached hydrogen (secondary N) is 1. The van der Waals surface area contributed by atoms with Crippen LogP contribution in [0.5, 0.6) is 0 Å². The van der Waals surface area contributed by atoms with Gasteiger partial charge in [0.2, 0.25) is 0 Å². The summed E-state index contributed by atoms with van der Waals surface area (Å²) < 4.78 is 19.1. The molecule has 1 aliphatic heterocycles. The maximum Gasteiger partial charge on any atom is 0.254 e. The molecule has 1 amide bonds. The fraction of sp³-hybridized carbons (Fsp3) is 0.588. The Labute approximate surface area is 141 Å². The van der Waals surface area contributed by atoms with E-state index in [-0.39, 0.29) is 11.6 Å². The molecule has 1 saturated heterocycles. The van der Waals surface area contributed by atoms with E-state index in [1.165, 1.54) is 18.2 Å². The maximum absolute atomic E-state index is 13.8. The topological polar surface area (TPSA) is 41.6 Å². The highest BCUT2D eigenvalue weighted by atomic mass is 35.5. The summed E-state index contributed by atoms with van der Waals surface area (Å²) in [4.78, 5) is 14.6. The van der Waals surface area contributed by atoms with E-state index < -0.39 is 11.7 Å². The van der Waals surface area contributed by atoms with Gasteiger partial charge in [0.1, 0.15) is 5.82 Å². The van der Waals surface area contributed by atoms with Gasteiger partial charge in [-0.2, -0.15) is 0 Å². The SMILES string of the molecule is CC(C)C[C@@H](CNC(=O)c1cc(Cl)ccc1F)N1CCOCC1. The minimum Gasteiger partial charge on any atom is -0.379 e. The zero-order chi connectivity index (χ0) is 16.8. The number of hydrogen-bond donors (Lipinski definition) is 1. The number of nitrogens with zero attached hydrogens (tertiary/aromatic N) is 1. The van der Waals surface area contributed by atoms with Crippen LogP contribution in [-0.4, -0.2) is 49.7 Å². The second-order valence-corrected chi connectivity index (χ2v) is 6.70. The number of carbonyl (C=O) groups is 1. The molecular weight excluding hydrogens is 319 g/mol. The van der Waals surface area contributed by atoms with E-state index in [2.05, 4.69) is 24.1 Å². The first-order valence-corrected chi connectivity index (χ1v) is 8.40. The number of halogens is 2. The molecule has 0 aromatic heterocycles. The molecule has 1 atom stereocenters. The quantitative estimate of drug-likeness (QED) is 0.864. The lowest BCUT2D eigenvalue weighted by Gasteiger charge is -2.35. The third-order valence-electron chi connectivity index (χ3n) is 3.98. The molecule has 2 rings (SSSR count). The van der Waals surface area contributed by atoms with Gasteiger partial charge in [0, 0.05) is 30.7 Å². The monoisotopic (exact) mass is 342 g/mol. The van der Waals surface area contributed by atoms with Crippen molar-refractivity contribution in [2.24, 2.45) is 5.92 Å². The standard InChI is InChI=1S/C17H24ClFN2O2/c1-12(2)9-14(21-5-7-23-8-6-21)11-20-17(22)15-10-13(18)3-4-16(15)19/h3-4,10,12,14H,5-9,11H2,1-2H3,(H,20,22)/t14-/m0/s1. The molecule has 0 aliphatic carbocycles. The highest BCUT2D eigenvalue weighted by Gasteiger charge is 2.23. The summed E-state index contributed by atoms with van der Waals surface area (Å²) in [5.74, 6) is -0.464. The Bertz CT molecular complexity index is 533. The van der Waals surface area contributed by atoms with Crippen molar-refractivity contribution in [1.29, 1.82) is 0 Å². The van der Waals surface area contributed by atoms with Crippen molar-refractivity contribution in [3.63, 3.8) is 0 Å². The van der Waals surface area contributed by atoms with Crippen LogP contribution in [-0.2, 0) is 4.74 Å². The molecule has 128 valence electrons. The fourth-order valence-corrected chi connectivity index (χ4v) is 3.00. The minimum absolute atomic E-state index is 0.0113. The number of carbonyl (C=O) groups excluding carboxylic acids is 1. The zero-order valence-corrected chi connectivity index (χ0v) is 14.4. The van der Waals surface area contributed by atoms with Crippen molar-refractivity contribution in [2.75, 3.05) is 32.8 Å². The highest BCUT2D eigenvalue weighted by Crippen LogP contribution is 2.16. The highest BCUT2D eigenvalue weighted by molar-refractivity contribution is 6.30. The molecule has 0 unspecified atom stereocenters. The van der Waals surface area contributed by atoms with Crippen LogP contribution in [0.2, 0.25) is 5.02 Å². The Morgan fingerprint density at radius 2 is 2.09 bits per heavy atom. The molecular formula is C17H24ClFN2O2. The van der Waals surface area contributed by atoms with Gasteiger partial charge in [0.25, 0.3) is 5.91 Å². The van der Waals surface area contributed by atoms with Gasteiger partial charge in [-0.25, -0.2) is 4.39 Å². The van der Waals surface area contributed by atoms with Gasteiger partial charge in [-0.1, -0.05) is 25.4 Å². The molecule has 23 heavy (non-hydrogen) atoms. The van der Waals surface area contributed by atoms with Crippen LogP contribution in [0, 0.1) is 11.7 Å². The van der Waals surface area contributed by atoms with Gasteiger partial charge in [-0.15, -0.1) is 0 Å². The van der Waals surface area contributed by atoms with Crippen LogP contribution in [0.4, 0.5) is 4.39 Å². The molecule has 1 aromatic carbocycles. The van der Waals surface area contributed by atoms with Gasteiger partial charge in [-0.3, -0.25) is 9.69 Å². The van der Waals surface area contributed by atoms with E-state index in [0.717, 1.165) is 19.5 Å². The Balaban J connectivity index is 1.99. The molecule has 1 heterocycles. The maximum atomic E-state index is 13.8. The van der Waals surface area contributed by atoms with Crippen molar-refractivity contribution in [3.05, 3.63) is 34.6 Å². The summed E-state index contributed by atoms with van der Waals surface area (Å²) in [6, 6.07) is 4.23. The molecule has 0 saturated carbocycles. The van der Waals surface area contributed by atoms with E-state index in [1.54, 1.807) is 0 Å². The summed E-state index contributed by atoms with van der Waals surface area (Å²) in [6.45, 7) is 7.95. The molecule has 6 heteroatoms. The van der Waals surface area contributed by atoms with Crippen LogP contribution in [0.15, 0.2) is 18.2 Å². The second kappa shape index (κ2) is 8.62. The third-order valence-corrected chi connectivity index (χ3v) is 4.21. The number of hydrogen-bond acceptors (Lipinski definition) is 3. The molecule has 1 aliphatic rings. The van der Waals surface area contributed by atoms with Crippen LogP contribution in [0.3, 0.4) is 0 Å². The van der Waals surface area contributed by atoms with Crippen molar-refractivity contribution in [3.8, 4) is 0 Å². The van der Waals surface area contributed by atoms with Gasteiger partial charge >= 0.3 is 0 Å². The molecule has 1 N–H and O–H groups in total. The van der Waals surface area contributed by atoms with Crippen LogP contribution < -0.4 is 5.32 Å². The number of morpholine rings is 1. The van der Waals surface area contributed by atoms with E-state index in [1.807, 2.05) is 0 Å². The van der Waals surface area contributed by atoms with Crippen molar-refractivity contribution in [1.82, 2.24) is 10.2 Å². The summed E-state index contributed by atoms with van der Waals surface area (Å²) in [6.07, 6.45) is 0.971. The van der Waals surface area contributed by atoms with Gasteiger partial charge in [0.05, 0.1) is 18.8 Å². The second-order valence-electron chi connectivity index (χ2n) is 6.27. The average molecular weight is 343 g/mol. The van der Waals surface area contributed by atoms with E-state index in [0.29, 0.717) is 30.7 Å². The first-order valence-electron chi connectivity index (χ1n) is 8.02. The Morgan fingerprint density at radius 3 is 2.74 bits per heavy atom. The Morgan fingerprint density at radius 1 is 1.39 bits per heavy atom. The third kappa shape index (κ3) is 5.44. The van der Waals surface area contributed by atoms with E-state index >= 15 is 0 Å². The van der Waals surface area contributed by atoms with Gasteiger partial charge in [-0.05, 0) is 30.5 Å². The smallest absolute Gasteiger partial charge is 0.254 e. The predicted molar refractivity (Wildman–Crippen MR) is 89.4 cm³/mol. The van der Waals surface area contributed by atoms with Crippen LogP contribution in [0.25, 0.3) is 0 Å². The summed E-state index contributed by atoms with van der Waals surface area (Å²) in [7, 11) is 0. The normalized spacial score (nSPS) is 17.3. The molecule has 1 fully saturated rings. The lowest BCUT2D eigenvalue weighted by molar-refractivity contribution is 0.0124. The molecule has 1 aromatic rings. The van der Waals surface area contributed by atoms with Crippen LogP contribution >= 0.6 is 11.6 Å². The fourth-order valence-electron chi connectivity index (χ4n) is 2.83. The number of amides is 1. The van der Waals surface area contributed by atoms with E-state index in [4.69, 9.17) is 16.3 Å². The molecule has 0 radical (unpaired) electrons. The van der Waals surface area contributed by atoms with Crippen molar-refractivity contribution < 1.29 is 13.9 Å². The largest absolute Gasteiger partial charge is 0.379 e. The predicted octanol–water partition coefficient (Wildman–Crippen LogP) is 2.96. The molecule has 4 nitrogen and oxygen atoms in total. The first kappa shape index (κ1) is 18.2. The van der Waals surface area contributed by atoms with Crippen molar-refractivity contribution >= 4 is 17.5 Å². The van der Waals surface area contributed by atoms with Crippen molar-refractivity contribution in [2.45, 2.75) is 26.3 Å². The van der Waals surface area contributed by atoms with Gasteiger partial charge in [0.15, 0.2) is 0 Å². The number of benzene rings is 1.